The summed E-state index contributed by atoms with van der Waals surface area (Å²) in [4.78, 5) is 36.5. The van der Waals surface area contributed by atoms with Gasteiger partial charge in [-0.1, -0.05) is 0 Å². The normalized spacial score (nSPS) is 13.4. The Morgan fingerprint density at radius 1 is 1.15 bits per heavy atom. The van der Waals surface area contributed by atoms with Crippen LogP contribution in [0.15, 0.2) is 41.3 Å². The molecule has 0 spiro atoms. The third-order valence-corrected chi connectivity index (χ3v) is 4.71. The van der Waals surface area contributed by atoms with Crippen molar-refractivity contribution in [1.82, 2.24) is 0 Å². The number of halogens is 2. The highest BCUT2D eigenvalue weighted by Crippen LogP contribution is 2.31. The number of ether oxygens (including phenoxy) is 1. The smallest absolute Gasteiger partial charge is 0.338 e. The lowest BCUT2D eigenvalue weighted by Crippen LogP contribution is -2.16. The molecule has 1 aliphatic rings. The van der Waals surface area contributed by atoms with E-state index < -0.39 is 35.6 Å². The lowest BCUT2D eigenvalue weighted by atomic mass is 10.1. The van der Waals surface area contributed by atoms with E-state index in [0.29, 0.717) is 17.9 Å². The van der Waals surface area contributed by atoms with Gasteiger partial charge >= 0.3 is 5.97 Å². The molecular formula is C18H13F2NO4S. The molecule has 0 atom stereocenters. The van der Waals surface area contributed by atoms with Crippen LogP contribution in [-0.4, -0.2) is 30.0 Å². The Bertz CT molecular complexity index is 901. The molecule has 134 valence electrons. The molecule has 5 nitrogen and oxygen atoms in total. The van der Waals surface area contributed by atoms with E-state index in [-0.39, 0.29) is 11.5 Å². The van der Waals surface area contributed by atoms with Crippen LogP contribution in [0.2, 0.25) is 0 Å². The van der Waals surface area contributed by atoms with Crippen LogP contribution in [0, 0.1) is 11.6 Å². The van der Waals surface area contributed by atoms with Gasteiger partial charge in [0.2, 0.25) is 11.7 Å². The number of thioether (sulfide) groups is 1. The molecule has 1 aliphatic heterocycles. The lowest BCUT2D eigenvalue weighted by Gasteiger charge is -2.09. The Balaban J connectivity index is 1.69. The molecule has 0 saturated carbocycles. The molecule has 1 amide bonds. The number of esters is 1. The summed E-state index contributed by atoms with van der Waals surface area (Å²) < 4.78 is 31.6. The third kappa shape index (κ3) is 4.08. The second kappa shape index (κ2) is 7.65. The molecule has 0 saturated heterocycles. The van der Waals surface area contributed by atoms with Gasteiger partial charge in [0.05, 0.1) is 16.8 Å². The topological polar surface area (TPSA) is 72.5 Å². The molecule has 0 unspecified atom stereocenters. The maximum atomic E-state index is 13.6. The number of hydrogen-bond acceptors (Lipinski definition) is 5. The first-order valence-corrected chi connectivity index (χ1v) is 8.64. The van der Waals surface area contributed by atoms with Crippen molar-refractivity contribution >= 4 is 35.1 Å². The first kappa shape index (κ1) is 18.1. The van der Waals surface area contributed by atoms with Gasteiger partial charge in [-0.15, -0.1) is 11.8 Å². The molecule has 3 rings (SSSR count). The summed E-state index contributed by atoms with van der Waals surface area (Å²) in [5.41, 5.74) is 0.150. The second-order valence-electron chi connectivity index (χ2n) is 5.48. The summed E-state index contributed by atoms with van der Waals surface area (Å²) in [6, 6.07) is 7.12. The number of nitrogens with one attached hydrogen (secondary N) is 1. The van der Waals surface area contributed by atoms with Gasteiger partial charge in [-0.05, 0) is 36.4 Å². The van der Waals surface area contributed by atoms with Crippen molar-refractivity contribution in [3.63, 3.8) is 0 Å². The number of ketones is 1. The fraction of sp³-hybridized carbons (Fsp3) is 0.167. The molecule has 26 heavy (non-hydrogen) atoms. The Labute approximate surface area is 151 Å². The SMILES string of the molecule is O=C1CCSc2ccc(C(=O)OCC(=O)c3cc(F)ccc3F)cc2N1. The molecule has 2 aromatic carbocycles. The van der Waals surface area contributed by atoms with Crippen LogP contribution in [-0.2, 0) is 9.53 Å². The number of benzene rings is 2. The van der Waals surface area contributed by atoms with Crippen LogP contribution in [0.1, 0.15) is 27.1 Å². The molecule has 0 bridgehead atoms. The monoisotopic (exact) mass is 377 g/mol. The minimum Gasteiger partial charge on any atom is -0.454 e. The molecular weight excluding hydrogens is 364 g/mol. The van der Waals surface area contributed by atoms with Crippen molar-refractivity contribution in [3.8, 4) is 0 Å². The van der Waals surface area contributed by atoms with Gasteiger partial charge in [-0.2, -0.15) is 0 Å². The number of amides is 1. The van der Waals surface area contributed by atoms with E-state index in [0.717, 1.165) is 23.1 Å². The summed E-state index contributed by atoms with van der Waals surface area (Å²) in [7, 11) is 0. The zero-order chi connectivity index (χ0) is 18.7. The minimum absolute atomic E-state index is 0.138. The largest absolute Gasteiger partial charge is 0.454 e. The van der Waals surface area contributed by atoms with Crippen LogP contribution in [0.3, 0.4) is 0 Å². The second-order valence-corrected chi connectivity index (χ2v) is 6.62. The number of Topliss-reactive ketones (excluding diaryl/α,β-unsaturated/α-hetero) is 1. The Hall–Kier alpha value is -2.74. The molecule has 8 heteroatoms. The number of hydrogen-bond donors (Lipinski definition) is 1. The van der Waals surface area contributed by atoms with Gasteiger partial charge in [-0.25, -0.2) is 13.6 Å². The Kier molecular flexibility index (Phi) is 5.32. The predicted molar refractivity (Wildman–Crippen MR) is 91.4 cm³/mol. The summed E-state index contributed by atoms with van der Waals surface area (Å²) in [6.07, 6.45) is 0.368. The summed E-state index contributed by atoms with van der Waals surface area (Å²) >= 11 is 1.49. The van der Waals surface area contributed by atoms with Crippen molar-refractivity contribution in [3.05, 3.63) is 59.2 Å². The standard InChI is InChI=1S/C18H13F2NO4S/c19-11-2-3-13(20)12(8-11)15(22)9-25-18(24)10-1-4-16-14(7-10)21-17(23)5-6-26-16/h1-4,7-8H,5-6,9H2,(H,21,23). The zero-order valence-corrected chi connectivity index (χ0v) is 14.2. The van der Waals surface area contributed by atoms with Gasteiger partial charge in [0.25, 0.3) is 0 Å². The van der Waals surface area contributed by atoms with E-state index >= 15 is 0 Å². The van der Waals surface area contributed by atoms with Crippen LogP contribution in [0.5, 0.6) is 0 Å². The summed E-state index contributed by atoms with van der Waals surface area (Å²) in [5.74, 6) is -2.83. The summed E-state index contributed by atoms with van der Waals surface area (Å²) in [5, 5.41) is 2.70. The number of carbonyl (C=O) groups is 3. The van der Waals surface area contributed by atoms with Gasteiger partial charge in [-0.3, -0.25) is 9.59 Å². The van der Waals surface area contributed by atoms with Gasteiger partial charge < -0.3 is 10.1 Å². The number of rotatable bonds is 4. The molecule has 1 heterocycles. The van der Waals surface area contributed by atoms with Crippen molar-refractivity contribution in [2.75, 3.05) is 17.7 Å². The molecule has 2 aromatic rings. The molecule has 0 fully saturated rings. The van der Waals surface area contributed by atoms with Crippen LogP contribution >= 0.6 is 11.8 Å². The Morgan fingerprint density at radius 2 is 1.96 bits per heavy atom. The van der Waals surface area contributed by atoms with Gasteiger partial charge in [0.15, 0.2) is 6.61 Å². The predicted octanol–water partition coefficient (Wildman–Crippen LogP) is 3.44. The van der Waals surface area contributed by atoms with E-state index in [9.17, 15) is 23.2 Å². The molecule has 0 aliphatic carbocycles. The van der Waals surface area contributed by atoms with E-state index in [4.69, 9.17) is 4.74 Å². The van der Waals surface area contributed by atoms with E-state index in [1.807, 2.05) is 0 Å². The van der Waals surface area contributed by atoms with Crippen LogP contribution in [0.4, 0.5) is 14.5 Å². The molecule has 0 aromatic heterocycles. The lowest BCUT2D eigenvalue weighted by molar-refractivity contribution is -0.115. The number of fused-ring (bicyclic) bond motifs is 1. The number of carbonyl (C=O) groups excluding carboxylic acids is 3. The average molecular weight is 377 g/mol. The third-order valence-electron chi connectivity index (χ3n) is 3.64. The Morgan fingerprint density at radius 3 is 2.77 bits per heavy atom. The zero-order valence-electron chi connectivity index (χ0n) is 13.4. The van der Waals surface area contributed by atoms with Crippen molar-refractivity contribution in [2.24, 2.45) is 0 Å². The van der Waals surface area contributed by atoms with E-state index in [1.54, 1.807) is 6.07 Å². The van der Waals surface area contributed by atoms with E-state index in [1.165, 1.54) is 23.9 Å². The first-order chi connectivity index (χ1) is 12.4. The van der Waals surface area contributed by atoms with Crippen molar-refractivity contribution < 1.29 is 27.9 Å². The van der Waals surface area contributed by atoms with Crippen LogP contribution in [0.25, 0.3) is 0 Å². The minimum atomic E-state index is -0.891. The highest BCUT2D eigenvalue weighted by atomic mass is 32.2. The maximum Gasteiger partial charge on any atom is 0.338 e. The quantitative estimate of drug-likeness (QED) is 0.653. The first-order valence-electron chi connectivity index (χ1n) is 7.66. The van der Waals surface area contributed by atoms with Crippen molar-refractivity contribution in [2.45, 2.75) is 11.3 Å². The highest BCUT2D eigenvalue weighted by molar-refractivity contribution is 7.99. The fourth-order valence-corrected chi connectivity index (χ4v) is 3.29. The number of anilines is 1. The van der Waals surface area contributed by atoms with Gasteiger partial charge in [0.1, 0.15) is 11.6 Å². The maximum absolute atomic E-state index is 13.6. The fourth-order valence-electron chi connectivity index (χ4n) is 2.35. The van der Waals surface area contributed by atoms with Gasteiger partial charge in [0, 0.05) is 17.1 Å². The van der Waals surface area contributed by atoms with Crippen molar-refractivity contribution in [1.29, 1.82) is 0 Å². The average Bonchev–Trinajstić information content (AvgIpc) is 2.81. The highest BCUT2D eigenvalue weighted by Gasteiger charge is 2.19. The van der Waals surface area contributed by atoms with Crippen LogP contribution < -0.4 is 5.32 Å². The van der Waals surface area contributed by atoms with E-state index in [2.05, 4.69) is 5.32 Å². The summed E-state index contributed by atoms with van der Waals surface area (Å²) in [6.45, 7) is -0.725. The molecule has 0 radical (unpaired) electrons. The molecule has 1 N–H and O–H groups in total.